The van der Waals surface area contributed by atoms with Gasteiger partial charge in [0.15, 0.2) is 0 Å². The minimum absolute atomic E-state index is 0.151. The third kappa shape index (κ3) is 30.5. The number of aliphatic hydroxyl groups excluding tert-OH is 2. The van der Waals surface area contributed by atoms with Gasteiger partial charge < -0.3 is 19.7 Å². The summed E-state index contributed by atoms with van der Waals surface area (Å²) >= 11 is 0. The molecule has 0 radical (unpaired) electrons. The molecule has 0 saturated heterocycles. The highest BCUT2D eigenvalue weighted by Gasteiger charge is 2.11. The summed E-state index contributed by atoms with van der Waals surface area (Å²) in [5, 5.41) is 19.8. The molecular weight excluding hydrogens is 528 g/mol. The standard InChI is InChI=1S/C36H60O6/c1-3-5-7-9-11-12-13-17-21-25-29-35(39)41-31-34(38)32-42-36(40)30-26-22-18-15-14-16-20-24-28-33(37)27-23-19-10-8-6-4-2/h6,8,15-16,18-20,23-24,28,33-34,37-38H,3-5,7,9-14,17,21-22,25-27,29-32H2,1-2H3/b8-6-,18-15-,20-16-,23-19-,28-24+/t33?,34-/m0/s1. The Balaban J connectivity index is 3.68. The van der Waals surface area contributed by atoms with Crippen LogP contribution in [-0.4, -0.2) is 47.6 Å². The van der Waals surface area contributed by atoms with Crippen LogP contribution in [0.4, 0.5) is 0 Å². The normalized spacial score (nSPS) is 13.7. The van der Waals surface area contributed by atoms with Crippen LogP contribution in [0.3, 0.4) is 0 Å². The average Bonchev–Trinajstić information content (AvgIpc) is 2.98. The van der Waals surface area contributed by atoms with Gasteiger partial charge in [-0.05, 0) is 44.9 Å². The molecule has 0 aliphatic heterocycles. The van der Waals surface area contributed by atoms with Crippen LogP contribution < -0.4 is 0 Å². The van der Waals surface area contributed by atoms with E-state index in [1.165, 1.54) is 44.9 Å². The monoisotopic (exact) mass is 588 g/mol. The lowest BCUT2D eigenvalue weighted by molar-refractivity contribution is -0.152. The van der Waals surface area contributed by atoms with Crippen LogP contribution >= 0.6 is 0 Å². The molecule has 6 heteroatoms. The molecule has 0 aromatic heterocycles. The van der Waals surface area contributed by atoms with Gasteiger partial charge in [0.25, 0.3) is 0 Å². The number of carbonyl (C=O) groups excluding carboxylic acids is 2. The highest BCUT2D eigenvalue weighted by atomic mass is 16.6. The van der Waals surface area contributed by atoms with E-state index in [9.17, 15) is 19.8 Å². The Morgan fingerprint density at radius 2 is 1.17 bits per heavy atom. The van der Waals surface area contributed by atoms with Gasteiger partial charge in [0.2, 0.25) is 0 Å². The van der Waals surface area contributed by atoms with Crippen molar-refractivity contribution in [2.75, 3.05) is 13.2 Å². The van der Waals surface area contributed by atoms with Crippen molar-refractivity contribution in [3.05, 3.63) is 60.8 Å². The minimum Gasteiger partial charge on any atom is -0.463 e. The van der Waals surface area contributed by atoms with Crippen LogP contribution in [0.15, 0.2) is 60.8 Å². The Bertz CT molecular complexity index is 780. The summed E-state index contributed by atoms with van der Waals surface area (Å²) in [6.07, 6.45) is 35.9. The zero-order valence-corrected chi connectivity index (χ0v) is 26.6. The van der Waals surface area contributed by atoms with Gasteiger partial charge in [-0.3, -0.25) is 9.59 Å². The molecule has 0 fully saturated rings. The number of hydrogen-bond acceptors (Lipinski definition) is 6. The van der Waals surface area contributed by atoms with Gasteiger partial charge in [-0.25, -0.2) is 0 Å². The molecular formula is C36H60O6. The summed E-state index contributed by atoms with van der Waals surface area (Å²) in [6, 6.07) is 0. The molecule has 0 rings (SSSR count). The second-order valence-electron chi connectivity index (χ2n) is 10.8. The number of hydrogen-bond donors (Lipinski definition) is 2. The second kappa shape index (κ2) is 31.5. The molecule has 0 aromatic carbocycles. The van der Waals surface area contributed by atoms with Crippen molar-refractivity contribution in [3.63, 3.8) is 0 Å². The Kier molecular flexibility index (Phi) is 29.7. The molecule has 0 saturated carbocycles. The lowest BCUT2D eigenvalue weighted by Crippen LogP contribution is -2.25. The Morgan fingerprint density at radius 1 is 0.619 bits per heavy atom. The molecule has 2 atom stereocenters. The fourth-order valence-electron chi connectivity index (χ4n) is 4.09. The van der Waals surface area contributed by atoms with Crippen LogP contribution in [0.25, 0.3) is 0 Å². The van der Waals surface area contributed by atoms with Crippen molar-refractivity contribution in [1.29, 1.82) is 0 Å². The number of carbonyl (C=O) groups is 2. The summed E-state index contributed by atoms with van der Waals surface area (Å²) in [5.41, 5.74) is 0. The molecule has 0 amide bonds. The van der Waals surface area contributed by atoms with Crippen molar-refractivity contribution >= 4 is 11.9 Å². The first-order valence-corrected chi connectivity index (χ1v) is 16.4. The van der Waals surface area contributed by atoms with Gasteiger partial charge in [0.1, 0.15) is 19.3 Å². The van der Waals surface area contributed by atoms with E-state index in [4.69, 9.17) is 9.47 Å². The molecule has 0 heterocycles. The second-order valence-corrected chi connectivity index (χ2v) is 10.8. The SMILES string of the molecule is CC/C=C\C/C=C\CC(O)/C=C/C=C\C/C=C\CCCC(=O)OC[C@@H](O)COC(=O)CCCCCCCCCCCC. The number of allylic oxidation sites excluding steroid dienone is 8. The zero-order valence-electron chi connectivity index (χ0n) is 26.6. The fraction of sp³-hybridized carbons (Fsp3) is 0.667. The summed E-state index contributed by atoms with van der Waals surface area (Å²) < 4.78 is 10.2. The lowest BCUT2D eigenvalue weighted by Gasteiger charge is -2.12. The first-order chi connectivity index (χ1) is 20.5. The van der Waals surface area contributed by atoms with Crippen molar-refractivity contribution in [1.82, 2.24) is 0 Å². The van der Waals surface area contributed by atoms with Gasteiger partial charge in [-0.15, -0.1) is 0 Å². The third-order valence-corrected chi connectivity index (χ3v) is 6.60. The van der Waals surface area contributed by atoms with E-state index in [1.807, 2.05) is 36.5 Å². The van der Waals surface area contributed by atoms with Crippen LogP contribution in [0.2, 0.25) is 0 Å². The first-order valence-electron chi connectivity index (χ1n) is 16.4. The number of unbranched alkanes of at least 4 members (excludes halogenated alkanes) is 10. The Morgan fingerprint density at radius 3 is 1.81 bits per heavy atom. The van der Waals surface area contributed by atoms with Crippen molar-refractivity contribution < 1.29 is 29.3 Å². The first kappa shape index (κ1) is 39.6. The maximum Gasteiger partial charge on any atom is 0.305 e. The minimum atomic E-state index is -1.00. The van der Waals surface area contributed by atoms with Gasteiger partial charge in [-0.1, -0.05) is 132 Å². The maximum absolute atomic E-state index is 11.9. The molecule has 0 aromatic rings. The van der Waals surface area contributed by atoms with Crippen molar-refractivity contribution in [2.45, 2.75) is 142 Å². The molecule has 2 N–H and O–H groups in total. The molecule has 240 valence electrons. The van der Waals surface area contributed by atoms with Crippen LogP contribution in [0.5, 0.6) is 0 Å². The van der Waals surface area contributed by atoms with Gasteiger partial charge in [-0.2, -0.15) is 0 Å². The predicted octanol–water partition coefficient (Wildman–Crippen LogP) is 8.64. The van der Waals surface area contributed by atoms with Gasteiger partial charge >= 0.3 is 11.9 Å². The summed E-state index contributed by atoms with van der Waals surface area (Å²) in [7, 11) is 0. The van der Waals surface area contributed by atoms with E-state index in [2.05, 4.69) is 32.1 Å². The third-order valence-electron chi connectivity index (χ3n) is 6.60. The quantitative estimate of drug-likeness (QED) is 0.0411. The fourth-order valence-corrected chi connectivity index (χ4v) is 4.09. The number of ether oxygens (including phenoxy) is 2. The molecule has 0 bridgehead atoms. The molecule has 0 spiro atoms. The van der Waals surface area contributed by atoms with E-state index >= 15 is 0 Å². The van der Waals surface area contributed by atoms with E-state index < -0.39 is 12.2 Å². The van der Waals surface area contributed by atoms with Crippen LogP contribution in [0.1, 0.15) is 129 Å². The van der Waals surface area contributed by atoms with Crippen molar-refractivity contribution in [3.8, 4) is 0 Å². The van der Waals surface area contributed by atoms with E-state index in [1.54, 1.807) is 6.08 Å². The summed E-state index contributed by atoms with van der Waals surface area (Å²) in [5.74, 6) is -0.677. The smallest absolute Gasteiger partial charge is 0.305 e. The van der Waals surface area contributed by atoms with Crippen LogP contribution in [-0.2, 0) is 19.1 Å². The van der Waals surface area contributed by atoms with E-state index in [-0.39, 0.29) is 31.6 Å². The van der Waals surface area contributed by atoms with Crippen molar-refractivity contribution in [2.24, 2.45) is 0 Å². The lowest BCUT2D eigenvalue weighted by atomic mass is 10.1. The molecule has 6 nitrogen and oxygen atoms in total. The summed E-state index contributed by atoms with van der Waals surface area (Å²) in [6.45, 7) is 4.02. The van der Waals surface area contributed by atoms with Gasteiger partial charge in [0, 0.05) is 12.8 Å². The van der Waals surface area contributed by atoms with E-state index in [0.29, 0.717) is 19.3 Å². The molecule has 42 heavy (non-hydrogen) atoms. The summed E-state index contributed by atoms with van der Waals surface area (Å²) in [4.78, 5) is 23.7. The average molecular weight is 589 g/mol. The maximum atomic E-state index is 11.9. The number of esters is 2. The Hall–Kier alpha value is -2.44. The molecule has 1 unspecified atom stereocenters. The molecule has 0 aliphatic rings. The predicted molar refractivity (Wildman–Crippen MR) is 174 cm³/mol. The van der Waals surface area contributed by atoms with Gasteiger partial charge in [0.05, 0.1) is 6.10 Å². The Labute approximate surface area is 256 Å². The highest BCUT2D eigenvalue weighted by Crippen LogP contribution is 2.11. The largest absolute Gasteiger partial charge is 0.463 e. The van der Waals surface area contributed by atoms with E-state index in [0.717, 1.165) is 44.9 Å². The topological polar surface area (TPSA) is 93.1 Å². The molecule has 0 aliphatic carbocycles. The highest BCUT2D eigenvalue weighted by molar-refractivity contribution is 5.69. The zero-order chi connectivity index (χ0) is 30.9. The number of rotatable bonds is 28. The van der Waals surface area contributed by atoms with Crippen LogP contribution in [0, 0.1) is 0 Å². The number of aliphatic hydroxyl groups is 2.